The van der Waals surface area contributed by atoms with Crippen LogP contribution in [0.4, 0.5) is 0 Å². The quantitative estimate of drug-likeness (QED) is 0.635. The average molecular weight is 186 g/mol. The predicted molar refractivity (Wildman–Crippen MR) is 49.2 cm³/mol. The highest BCUT2D eigenvalue weighted by Crippen LogP contribution is 2.33. The van der Waals surface area contributed by atoms with E-state index in [9.17, 15) is 15.0 Å². The molecule has 1 aliphatic rings. The van der Waals surface area contributed by atoms with Crippen LogP contribution in [0.5, 0.6) is 0 Å². The topological polar surface area (TPSA) is 57.5 Å². The van der Waals surface area contributed by atoms with E-state index in [0.717, 1.165) is 0 Å². The maximum Gasteiger partial charge on any atom is 0.167 e. The van der Waals surface area contributed by atoms with Gasteiger partial charge in [-0.1, -0.05) is 13.8 Å². The zero-order valence-electron chi connectivity index (χ0n) is 8.45. The van der Waals surface area contributed by atoms with E-state index >= 15 is 0 Å². The molecule has 0 spiro atoms. The van der Waals surface area contributed by atoms with Gasteiger partial charge in [-0.3, -0.25) is 4.79 Å². The van der Waals surface area contributed by atoms with Crippen molar-refractivity contribution in [2.45, 2.75) is 45.3 Å². The first kappa shape index (κ1) is 10.7. The van der Waals surface area contributed by atoms with E-state index in [1.165, 1.54) is 6.92 Å². The molecule has 0 saturated heterocycles. The summed E-state index contributed by atoms with van der Waals surface area (Å²) >= 11 is 0. The van der Waals surface area contributed by atoms with Crippen molar-refractivity contribution in [2.75, 3.05) is 0 Å². The number of aliphatic hydroxyl groups excluding tert-OH is 1. The smallest absolute Gasteiger partial charge is 0.167 e. The van der Waals surface area contributed by atoms with Crippen LogP contribution in [-0.2, 0) is 4.79 Å². The first-order valence-electron chi connectivity index (χ1n) is 4.80. The molecule has 1 aliphatic carbocycles. The molecule has 0 aromatic rings. The van der Waals surface area contributed by atoms with Crippen LogP contribution in [-0.4, -0.2) is 27.7 Å². The molecule has 0 aromatic heterocycles. The van der Waals surface area contributed by atoms with Crippen LogP contribution in [0.15, 0.2) is 0 Å². The van der Waals surface area contributed by atoms with E-state index in [4.69, 9.17) is 0 Å². The van der Waals surface area contributed by atoms with E-state index < -0.39 is 11.7 Å². The summed E-state index contributed by atoms with van der Waals surface area (Å²) in [6, 6.07) is 0. The molecule has 0 radical (unpaired) electrons. The first-order valence-corrected chi connectivity index (χ1v) is 4.80. The average Bonchev–Trinajstić information content (AvgIpc) is 2.00. The molecule has 0 unspecified atom stereocenters. The van der Waals surface area contributed by atoms with Crippen LogP contribution in [0.3, 0.4) is 0 Å². The zero-order chi connectivity index (χ0) is 10.2. The van der Waals surface area contributed by atoms with Crippen molar-refractivity contribution < 1.29 is 15.0 Å². The minimum absolute atomic E-state index is 0.0878. The molecule has 13 heavy (non-hydrogen) atoms. The van der Waals surface area contributed by atoms with Gasteiger partial charge in [-0.05, 0) is 25.7 Å². The molecule has 3 atom stereocenters. The fraction of sp³-hybridized carbons (Fsp3) is 0.900. The van der Waals surface area contributed by atoms with Gasteiger partial charge in [0, 0.05) is 5.92 Å². The third-order valence-electron chi connectivity index (χ3n) is 2.99. The summed E-state index contributed by atoms with van der Waals surface area (Å²) in [4.78, 5) is 11.6. The van der Waals surface area contributed by atoms with Crippen molar-refractivity contribution in [3.63, 3.8) is 0 Å². The largest absolute Gasteiger partial charge is 0.387 e. The van der Waals surface area contributed by atoms with Gasteiger partial charge >= 0.3 is 0 Å². The Labute approximate surface area is 78.8 Å². The number of hydrogen-bond donors (Lipinski definition) is 2. The van der Waals surface area contributed by atoms with Gasteiger partial charge in [-0.2, -0.15) is 0 Å². The van der Waals surface area contributed by atoms with Crippen LogP contribution >= 0.6 is 0 Å². The van der Waals surface area contributed by atoms with E-state index in [0.29, 0.717) is 12.8 Å². The Morgan fingerprint density at radius 3 is 2.54 bits per heavy atom. The molecule has 76 valence electrons. The second-order valence-electron chi connectivity index (χ2n) is 4.55. The third kappa shape index (κ3) is 1.92. The number of hydrogen-bond acceptors (Lipinski definition) is 3. The van der Waals surface area contributed by atoms with Crippen molar-refractivity contribution in [3.05, 3.63) is 0 Å². The maximum atomic E-state index is 11.6. The highest BCUT2D eigenvalue weighted by molar-refractivity contribution is 5.87. The van der Waals surface area contributed by atoms with E-state index in [1.54, 1.807) is 0 Å². The Hall–Kier alpha value is -0.410. The monoisotopic (exact) mass is 186 g/mol. The first-order chi connectivity index (χ1) is 5.86. The molecule has 0 aliphatic heterocycles. The van der Waals surface area contributed by atoms with Gasteiger partial charge < -0.3 is 10.2 Å². The van der Waals surface area contributed by atoms with Crippen molar-refractivity contribution in [3.8, 4) is 0 Å². The number of rotatable bonds is 1. The molecule has 3 heteroatoms. The summed E-state index contributed by atoms with van der Waals surface area (Å²) in [6.07, 6.45) is -0.0165. The molecule has 2 N–H and O–H groups in total. The standard InChI is InChI=1S/C10H18O3/c1-6(2)7-4-5-10(3,13)9(12)8(7)11/h6-7,9,12-13H,4-5H2,1-3H3/t7-,9-,10+/m1/s1. The van der Waals surface area contributed by atoms with E-state index in [1.807, 2.05) is 13.8 Å². The highest BCUT2D eigenvalue weighted by Gasteiger charge is 2.44. The molecule has 1 saturated carbocycles. The van der Waals surface area contributed by atoms with Gasteiger partial charge in [-0.25, -0.2) is 0 Å². The number of Topliss-reactive ketones (excluding diaryl/α,β-unsaturated/α-hetero) is 1. The molecule has 0 heterocycles. The number of carbonyl (C=O) groups excluding carboxylic acids is 1. The predicted octanol–water partition coefficient (Wildman–Crippen LogP) is 0.733. The Balaban J connectivity index is 2.77. The van der Waals surface area contributed by atoms with Gasteiger partial charge in [0.25, 0.3) is 0 Å². The summed E-state index contributed by atoms with van der Waals surface area (Å²) < 4.78 is 0. The lowest BCUT2D eigenvalue weighted by Gasteiger charge is -2.37. The number of ketones is 1. The number of carbonyl (C=O) groups is 1. The minimum atomic E-state index is -1.22. The van der Waals surface area contributed by atoms with Crippen molar-refractivity contribution in [1.82, 2.24) is 0 Å². The minimum Gasteiger partial charge on any atom is -0.387 e. The normalized spacial score (nSPS) is 41.2. The SMILES string of the molecule is CC(C)[C@H]1CC[C@](C)(O)[C@H](O)C1=O. The van der Waals surface area contributed by atoms with Gasteiger partial charge in [0.2, 0.25) is 0 Å². The zero-order valence-corrected chi connectivity index (χ0v) is 8.45. The third-order valence-corrected chi connectivity index (χ3v) is 2.99. The molecule has 0 bridgehead atoms. The van der Waals surface area contributed by atoms with E-state index in [2.05, 4.69) is 0 Å². The van der Waals surface area contributed by atoms with Gasteiger partial charge in [0.15, 0.2) is 5.78 Å². The van der Waals surface area contributed by atoms with Gasteiger partial charge in [0.05, 0.1) is 5.60 Å². The molecule has 1 fully saturated rings. The summed E-state index contributed by atoms with van der Waals surface area (Å²) in [7, 11) is 0. The van der Waals surface area contributed by atoms with Gasteiger partial charge in [0.1, 0.15) is 6.10 Å². The fourth-order valence-corrected chi connectivity index (χ4v) is 1.90. The van der Waals surface area contributed by atoms with Crippen LogP contribution in [0.25, 0.3) is 0 Å². The molecular formula is C10H18O3. The van der Waals surface area contributed by atoms with Crippen LogP contribution in [0.1, 0.15) is 33.6 Å². The Bertz CT molecular complexity index is 204. The van der Waals surface area contributed by atoms with Crippen LogP contribution < -0.4 is 0 Å². The molecule has 0 aromatic carbocycles. The number of aliphatic hydroxyl groups is 2. The summed E-state index contributed by atoms with van der Waals surface area (Å²) in [5.41, 5.74) is -1.22. The fourth-order valence-electron chi connectivity index (χ4n) is 1.90. The molecular weight excluding hydrogens is 168 g/mol. The second kappa shape index (κ2) is 3.39. The summed E-state index contributed by atoms with van der Waals surface area (Å²) in [5.74, 6) is -0.0419. The molecule has 1 rings (SSSR count). The van der Waals surface area contributed by atoms with Crippen LogP contribution in [0.2, 0.25) is 0 Å². The lowest BCUT2D eigenvalue weighted by molar-refractivity contribution is -0.156. The Morgan fingerprint density at radius 2 is 2.08 bits per heavy atom. The summed E-state index contributed by atoms with van der Waals surface area (Å²) in [6.45, 7) is 5.46. The lowest BCUT2D eigenvalue weighted by atomic mass is 9.72. The van der Waals surface area contributed by atoms with Crippen molar-refractivity contribution in [2.24, 2.45) is 11.8 Å². The second-order valence-corrected chi connectivity index (χ2v) is 4.55. The lowest BCUT2D eigenvalue weighted by Crippen LogP contribution is -2.52. The Kier molecular flexibility index (Phi) is 2.78. The van der Waals surface area contributed by atoms with Crippen LogP contribution in [0, 0.1) is 11.8 Å². The van der Waals surface area contributed by atoms with Crippen molar-refractivity contribution in [1.29, 1.82) is 0 Å². The van der Waals surface area contributed by atoms with E-state index in [-0.39, 0.29) is 17.6 Å². The summed E-state index contributed by atoms with van der Waals surface area (Å²) in [5, 5.41) is 19.2. The molecule has 0 amide bonds. The van der Waals surface area contributed by atoms with Crippen molar-refractivity contribution >= 4 is 5.78 Å². The highest BCUT2D eigenvalue weighted by atomic mass is 16.3. The Morgan fingerprint density at radius 1 is 1.54 bits per heavy atom. The maximum absolute atomic E-state index is 11.6. The molecule has 3 nitrogen and oxygen atoms in total. The van der Waals surface area contributed by atoms with Gasteiger partial charge in [-0.15, -0.1) is 0 Å².